The van der Waals surface area contributed by atoms with E-state index in [1.54, 1.807) is 30.3 Å². The molecule has 2 atom stereocenters. The fourth-order valence-corrected chi connectivity index (χ4v) is 2.67. The minimum absolute atomic E-state index is 0.0335. The lowest BCUT2D eigenvalue weighted by Crippen LogP contribution is -2.52. The summed E-state index contributed by atoms with van der Waals surface area (Å²) in [7, 11) is 1.65. The molecule has 0 spiro atoms. The number of hydrogen-bond acceptors (Lipinski definition) is 3. The second-order valence-corrected chi connectivity index (χ2v) is 5.26. The molecule has 104 valence electrons. The zero-order valence-corrected chi connectivity index (χ0v) is 11.5. The maximum absolute atomic E-state index is 12.5. The van der Waals surface area contributed by atoms with Crippen molar-refractivity contribution in [1.29, 1.82) is 0 Å². The van der Waals surface area contributed by atoms with Gasteiger partial charge in [-0.2, -0.15) is 0 Å². The molecule has 0 aromatic carbocycles. The molecule has 0 saturated carbocycles. The Morgan fingerprint density at radius 3 is 2.89 bits per heavy atom. The number of pyridine rings is 1. The molecule has 0 bridgehead atoms. The van der Waals surface area contributed by atoms with Gasteiger partial charge >= 0.3 is 0 Å². The van der Waals surface area contributed by atoms with Crippen LogP contribution in [0.4, 0.5) is 0 Å². The summed E-state index contributed by atoms with van der Waals surface area (Å²) in [5.74, 6) is -0.191. The van der Waals surface area contributed by atoms with Crippen molar-refractivity contribution in [3.63, 3.8) is 0 Å². The first-order chi connectivity index (χ1) is 9.02. The van der Waals surface area contributed by atoms with E-state index in [1.807, 2.05) is 6.92 Å². The van der Waals surface area contributed by atoms with E-state index >= 15 is 0 Å². The van der Waals surface area contributed by atoms with E-state index in [-0.39, 0.29) is 29.1 Å². The molecule has 1 saturated heterocycles. The van der Waals surface area contributed by atoms with Gasteiger partial charge in [0.15, 0.2) is 0 Å². The molecule has 0 radical (unpaired) electrons. The maximum Gasteiger partial charge on any atom is 0.263 e. The number of aromatic nitrogens is 1. The molecule has 1 aromatic heterocycles. The van der Waals surface area contributed by atoms with Crippen LogP contribution in [0.15, 0.2) is 23.1 Å². The Bertz CT molecular complexity index is 522. The van der Waals surface area contributed by atoms with Crippen LogP contribution in [0.2, 0.25) is 0 Å². The third kappa shape index (κ3) is 2.71. The van der Waals surface area contributed by atoms with E-state index in [2.05, 4.69) is 0 Å². The van der Waals surface area contributed by atoms with Gasteiger partial charge < -0.3 is 15.2 Å². The number of piperidine rings is 1. The highest BCUT2D eigenvalue weighted by Gasteiger charge is 2.30. The summed E-state index contributed by atoms with van der Waals surface area (Å²) >= 11 is 0. The van der Waals surface area contributed by atoms with Crippen molar-refractivity contribution in [2.45, 2.75) is 38.3 Å². The van der Waals surface area contributed by atoms with E-state index in [0.29, 0.717) is 6.54 Å². The number of carbonyl (C=O) groups excluding carboxylic acids is 1. The minimum Gasteiger partial charge on any atom is -0.334 e. The van der Waals surface area contributed by atoms with Crippen LogP contribution in [-0.2, 0) is 7.05 Å². The van der Waals surface area contributed by atoms with Crippen molar-refractivity contribution in [2.24, 2.45) is 12.8 Å². The number of hydrogen-bond donors (Lipinski definition) is 1. The highest BCUT2D eigenvalue weighted by Crippen LogP contribution is 2.20. The molecule has 2 unspecified atom stereocenters. The largest absolute Gasteiger partial charge is 0.334 e. The number of likely N-dealkylation sites (tertiary alicyclic amines) is 1. The second-order valence-electron chi connectivity index (χ2n) is 5.26. The number of aryl methyl sites for hydroxylation is 1. The topological polar surface area (TPSA) is 68.3 Å². The standard InChI is InChI=1S/C14H21N3O2/c1-10(15)12-7-3-4-9-17(12)14(19)11-6-5-8-16(2)13(11)18/h5-6,8,10,12H,3-4,7,9,15H2,1-2H3. The maximum atomic E-state index is 12.5. The number of nitrogens with zero attached hydrogens (tertiary/aromatic N) is 2. The first-order valence-corrected chi connectivity index (χ1v) is 6.74. The van der Waals surface area contributed by atoms with Crippen LogP contribution < -0.4 is 11.3 Å². The third-order valence-electron chi connectivity index (χ3n) is 3.77. The number of carbonyl (C=O) groups is 1. The highest BCUT2D eigenvalue weighted by molar-refractivity contribution is 5.94. The summed E-state index contributed by atoms with van der Waals surface area (Å²) in [5, 5.41) is 0. The molecule has 1 aromatic rings. The molecule has 1 aliphatic heterocycles. The molecule has 19 heavy (non-hydrogen) atoms. The van der Waals surface area contributed by atoms with Crippen molar-refractivity contribution in [3.8, 4) is 0 Å². The van der Waals surface area contributed by atoms with Crippen molar-refractivity contribution < 1.29 is 4.79 Å². The molecule has 1 aliphatic rings. The molecule has 5 heteroatoms. The zero-order valence-electron chi connectivity index (χ0n) is 11.5. The average molecular weight is 263 g/mol. The van der Waals surface area contributed by atoms with E-state index in [1.165, 1.54) is 4.57 Å². The molecule has 2 heterocycles. The monoisotopic (exact) mass is 263 g/mol. The fraction of sp³-hybridized carbons (Fsp3) is 0.571. The Morgan fingerprint density at radius 1 is 1.47 bits per heavy atom. The molecule has 5 nitrogen and oxygen atoms in total. The first-order valence-electron chi connectivity index (χ1n) is 6.74. The van der Waals surface area contributed by atoms with Gasteiger partial charge in [0.2, 0.25) is 0 Å². The van der Waals surface area contributed by atoms with Gasteiger partial charge in [0.25, 0.3) is 11.5 Å². The van der Waals surface area contributed by atoms with Crippen LogP contribution in [0.25, 0.3) is 0 Å². The second kappa shape index (κ2) is 5.57. The lowest BCUT2D eigenvalue weighted by molar-refractivity contribution is 0.0581. The van der Waals surface area contributed by atoms with E-state index in [0.717, 1.165) is 19.3 Å². The predicted molar refractivity (Wildman–Crippen MR) is 74.0 cm³/mol. The van der Waals surface area contributed by atoms with Gasteiger partial charge in [-0.05, 0) is 38.3 Å². The van der Waals surface area contributed by atoms with Gasteiger partial charge in [-0.1, -0.05) is 0 Å². The molecule has 2 rings (SSSR count). The number of amides is 1. The Balaban J connectivity index is 2.32. The van der Waals surface area contributed by atoms with Crippen LogP contribution in [0.5, 0.6) is 0 Å². The van der Waals surface area contributed by atoms with Gasteiger partial charge in [-0.15, -0.1) is 0 Å². The summed E-state index contributed by atoms with van der Waals surface area (Å²) in [6, 6.07) is 3.28. The van der Waals surface area contributed by atoms with Gasteiger partial charge in [0.05, 0.1) is 0 Å². The van der Waals surface area contributed by atoms with Crippen molar-refractivity contribution >= 4 is 5.91 Å². The lowest BCUT2D eigenvalue weighted by atomic mass is 9.96. The minimum atomic E-state index is -0.249. The normalized spacial score (nSPS) is 21.2. The van der Waals surface area contributed by atoms with Crippen LogP contribution in [-0.4, -0.2) is 34.0 Å². The summed E-state index contributed by atoms with van der Waals surface area (Å²) in [4.78, 5) is 26.3. The molecular weight excluding hydrogens is 242 g/mol. The zero-order chi connectivity index (χ0) is 14.0. The fourth-order valence-electron chi connectivity index (χ4n) is 2.67. The quantitative estimate of drug-likeness (QED) is 0.855. The molecule has 2 N–H and O–H groups in total. The van der Waals surface area contributed by atoms with Crippen LogP contribution in [0, 0.1) is 0 Å². The first kappa shape index (κ1) is 13.8. The molecular formula is C14H21N3O2. The van der Waals surface area contributed by atoms with Gasteiger partial charge in [-0.25, -0.2) is 0 Å². The van der Waals surface area contributed by atoms with E-state index < -0.39 is 0 Å². The predicted octanol–water partition coefficient (Wildman–Crippen LogP) is 0.727. The van der Waals surface area contributed by atoms with E-state index in [4.69, 9.17) is 5.73 Å². The Labute approximate surface area is 113 Å². The SMILES string of the molecule is CC(N)C1CCCCN1C(=O)c1cccn(C)c1=O. The smallest absolute Gasteiger partial charge is 0.263 e. The summed E-state index contributed by atoms with van der Waals surface area (Å²) in [6.45, 7) is 2.60. The van der Waals surface area contributed by atoms with Crippen LogP contribution >= 0.6 is 0 Å². The summed E-state index contributed by atoms with van der Waals surface area (Å²) in [5.41, 5.74) is 5.95. The lowest BCUT2D eigenvalue weighted by Gasteiger charge is -2.38. The van der Waals surface area contributed by atoms with Gasteiger partial charge in [-0.3, -0.25) is 9.59 Å². The highest BCUT2D eigenvalue weighted by atomic mass is 16.2. The molecule has 1 amide bonds. The Hall–Kier alpha value is -1.62. The molecule has 1 fully saturated rings. The molecule has 0 aliphatic carbocycles. The Kier molecular flexibility index (Phi) is 4.04. The van der Waals surface area contributed by atoms with Gasteiger partial charge in [0.1, 0.15) is 5.56 Å². The van der Waals surface area contributed by atoms with Crippen molar-refractivity contribution in [2.75, 3.05) is 6.54 Å². The third-order valence-corrected chi connectivity index (χ3v) is 3.77. The Morgan fingerprint density at radius 2 is 2.21 bits per heavy atom. The number of rotatable bonds is 2. The van der Waals surface area contributed by atoms with Crippen LogP contribution in [0.1, 0.15) is 36.5 Å². The van der Waals surface area contributed by atoms with Crippen molar-refractivity contribution in [3.05, 3.63) is 34.2 Å². The van der Waals surface area contributed by atoms with Crippen LogP contribution in [0.3, 0.4) is 0 Å². The summed E-state index contributed by atoms with van der Waals surface area (Å²) < 4.78 is 1.43. The van der Waals surface area contributed by atoms with Crippen molar-refractivity contribution in [1.82, 2.24) is 9.47 Å². The summed E-state index contributed by atoms with van der Waals surface area (Å²) in [6.07, 6.45) is 4.62. The number of nitrogens with two attached hydrogens (primary N) is 1. The van der Waals surface area contributed by atoms with E-state index in [9.17, 15) is 9.59 Å². The average Bonchev–Trinajstić information content (AvgIpc) is 2.41. The van der Waals surface area contributed by atoms with Gasteiger partial charge in [0, 0.05) is 31.9 Å².